The first-order valence-corrected chi connectivity index (χ1v) is 8.59. The van der Waals surface area contributed by atoms with E-state index in [0.29, 0.717) is 6.61 Å². The molecule has 0 bridgehead atoms. The van der Waals surface area contributed by atoms with Crippen LogP contribution in [0.15, 0.2) is 0 Å². The summed E-state index contributed by atoms with van der Waals surface area (Å²) in [6.07, 6.45) is 14.3. The van der Waals surface area contributed by atoms with Gasteiger partial charge in [-0.1, -0.05) is 77.6 Å². The number of carbonyl (C=O) groups is 1. The number of hydrogen-bond donors (Lipinski definition) is 1. The molecule has 4 nitrogen and oxygen atoms in total. The molecule has 0 amide bonds. The predicted molar refractivity (Wildman–Crippen MR) is 85.5 cm³/mol. The molecule has 0 aliphatic heterocycles. The average molecular weight is 302 g/mol. The van der Waals surface area contributed by atoms with Gasteiger partial charge in [-0.25, -0.2) is 4.79 Å². The number of rotatable bonds is 16. The molecule has 0 saturated heterocycles. The summed E-state index contributed by atoms with van der Waals surface area (Å²) in [5.74, 6) is -1.06. The van der Waals surface area contributed by atoms with Crippen LogP contribution < -0.4 is 0 Å². The van der Waals surface area contributed by atoms with Crippen LogP contribution in [0.2, 0.25) is 0 Å². The van der Waals surface area contributed by atoms with Gasteiger partial charge in [0.1, 0.15) is 0 Å². The van der Waals surface area contributed by atoms with Crippen LogP contribution in [0.3, 0.4) is 0 Å². The Morgan fingerprint density at radius 1 is 0.857 bits per heavy atom. The van der Waals surface area contributed by atoms with Crippen LogP contribution in [-0.4, -0.2) is 31.1 Å². The zero-order valence-corrected chi connectivity index (χ0v) is 13.9. The zero-order valence-electron chi connectivity index (χ0n) is 13.9. The van der Waals surface area contributed by atoms with E-state index in [1.165, 1.54) is 71.3 Å². The van der Waals surface area contributed by atoms with Crippen molar-refractivity contribution in [1.29, 1.82) is 0 Å². The Kier molecular flexibility index (Phi) is 15.3. The fraction of sp³-hybridized carbons (Fsp3) is 0.941. The molecule has 21 heavy (non-hydrogen) atoms. The molecule has 126 valence electrons. The summed E-state index contributed by atoms with van der Waals surface area (Å²) in [5, 5.41) is 8.71. The first-order valence-electron chi connectivity index (χ1n) is 8.59. The van der Waals surface area contributed by atoms with Gasteiger partial charge >= 0.3 is 5.97 Å². The Bertz CT molecular complexity index is 231. The van der Waals surface area contributed by atoms with Crippen molar-refractivity contribution in [3.63, 3.8) is 0 Å². The van der Waals surface area contributed by atoms with Crippen molar-refractivity contribution in [1.82, 2.24) is 0 Å². The van der Waals surface area contributed by atoms with Crippen molar-refractivity contribution in [2.45, 2.75) is 90.3 Å². The molecule has 0 aromatic heterocycles. The van der Waals surface area contributed by atoms with Gasteiger partial charge in [0.2, 0.25) is 0 Å². The fourth-order valence-electron chi connectivity index (χ4n) is 2.37. The highest BCUT2D eigenvalue weighted by atomic mass is 16.7. The Morgan fingerprint density at radius 3 is 1.67 bits per heavy atom. The monoisotopic (exact) mass is 302 g/mol. The zero-order chi connectivity index (χ0) is 15.8. The predicted octanol–water partition coefficient (Wildman–Crippen LogP) is 4.76. The van der Waals surface area contributed by atoms with E-state index in [9.17, 15) is 4.79 Å². The summed E-state index contributed by atoms with van der Waals surface area (Å²) >= 11 is 0. The highest BCUT2D eigenvalue weighted by Crippen LogP contribution is 2.12. The van der Waals surface area contributed by atoms with Gasteiger partial charge < -0.3 is 14.6 Å². The fourth-order valence-corrected chi connectivity index (χ4v) is 2.37. The number of carboxylic acid groups (broad SMARTS) is 1. The normalized spacial score (nSPS) is 12.5. The summed E-state index contributed by atoms with van der Waals surface area (Å²) in [6, 6.07) is 0. The molecule has 0 aromatic carbocycles. The van der Waals surface area contributed by atoms with Crippen LogP contribution in [0.25, 0.3) is 0 Å². The van der Waals surface area contributed by atoms with Crippen molar-refractivity contribution >= 4 is 5.97 Å². The molecule has 0 saturated carbocycles. The topological polar surface area (TPSA) is 55.8 Å². The third-order valence-electron chi connectivity index (χ3n) is 3.68. The number of aliphatic carboxylic acids is 1. The van der Waals surface area contributed by atoms with Crippen LogP contribution in [0.1, 0.15) is 84.0 Å². The van der Waals surface area contributed by atoms with Crippen LogP contribution in [0, 0.1) is 0 Å². The molecular weight excluding hydrogens is 268 g/mol. The van der Waals surface area contributed by atoms with E-state index in [1.807, 2.05) is 0 Å². The van der Waals surface area contributed by atoms with E-state index in [4.69, 9.17) is 14.6 Å². The smallest absolute Gasteiger partial charge is 0.361 e. The van der Waals surface area contributed by atoms with Crippen molar-refractivity contribution in [2.75, 3.05) is 13.7 Å². The largest absolute Gasteiger partial charge is 0.477 e. The second kappa shape index (κ2) is 15.8. The molecule has 4 heteroatoms. The van der Waals surface area contributed by atoms with Crippen LogP contribution in [0.4, 0.5) is 0 Å². The van der Waals surface area contributed by atoms with Gasteiger partial charge in [-0.05, 0) is 6.42 Å². The minimum Gasteiger partial charge on any atom is -0.477 e. The molecular formula is C17H34O4. The Hall–Kier alpha value is -0.610. The maximum atomic E-state index is 10.6. The van der Waals surface area contributed by atoms with E-state index < -0.39 is 12.3 Å². The summed E-state index contributed by atoms with van der Waals surface area (Å²) < 4.78 is 9.82. The highest BCUT2D eigenvalue weighted by molar-refractivity contribution is 5.70. The molecule has 0 rings (SSSR count). The highest BCUT2D eigenvalue weighted by Gasteiger charge is 2.15. The van der Waals surface area contributed by atoms with Crippen molar-refractivity contribution < 1.29 is 19.4 Å². The van der Waals surface area contributed by atoms with Crippen LogP contribution in [0.5, 0.6) is 0 Å². The molecule has 1 unspecified atom stereocenters. The van der Waals surface area contributed by atoms with Gasteiger partial charge in [-0.3, -0.25) is 0 Å². The average Bonchev–Trinajstić information content (AvgIpc) is 2.47. The lowest BCUT2D eigenvalue weighted by molar-refractivity contribution is -0.183. The van der Waals surface area contributed by atoms with E-state index in [0.717, 1.165) is 12.8 Å². The Labute approximate surface area is 130 Å². The van der Waals surface area contributed by atoms with Crippen molar-refractivity contribution in [3.05, 3.63) is 0 Å². The van der Waals surface area contributed by atoms with Gasteiger partial charge in [0, 0.05) is 7.11 Å². The van der Waals surface area contributed by atoms with Crippen LogP contribution >= 0.6 is 0 Å². The SMILES string of the molecule is CCCCCCCCCCCCCCOC(OC)C(=O)O. The Morgan fingerprint density at radius 2 is 1.29 bits per heavy atom. The standard InChI is InChI=1S/C17H34O4/c1-3-4-5-6-7-8-9-10-11-12-13-14-15-21-17(20-2)16(18)19/h17H,3-15H2,1-2H3,(H,18,19). The van der Waals surface area contributed by atoms with Gasteiger partial charge in [0.05, 0.1) is 6.61 Å². The summed E-state index contributed by atoms with van der Waals surface area (Å²) in [7, 11) is 1.35. The maximum absolute atomic E-state index is 10.6. The second-order valence-electron chi connectivity index (χ2n) is 5.67. The lowest BCUT2D eigenvalue weighted by atomic mass is 10.1. The minimum atomic E-state index is -1.11. The van der Waals surface area contributed by atoms with Gasteiger partial charge in [-0.2, -0.15) is 0 Å². The third-order valence-corrected chi connectivity index (χ3v) is 3.68. The molecule has 1 atom stereocenters. The first-order chi connectivity index (χ1) is 10.2. The molecule has 0 aromatic rings. The number of methoxy groups -OCH3 is 1. The number of hydrogen-bond acceptors (Lipinski definition) is 3. The second-order valence-corrected chi connectivity index (χ2v) is 5.67. The summed E-state index contributed by atoms with van der Waals surface area (Å²) in [4.78, 5) is 10.6. The first kappa shape index (κ1) is 20.4. The van der Waals surface area contributed by atoms with Gasteiger partial charge in [-0.15, -0.1) is 0 Å². The summed E-state index contributed by atoms with van der Waals surface area (Å²) in [5.41, 5.74) is 0. The van der Waals surface area contributed by atoms with Gasteiger partial charge in [0.25, 0.3) is 6.29 Å². The molecule has 0 heterocycles. The third kappa shape index (κ3) is 14.1. The lowest BCUT2D eigenvalue weighted by Gasteiger charge is -2.11. The molecule has 0 radical (unpaired) electrons. The van der Waals surface area contributed by atoms with E-state index >= 15 is 0 Å². The van der Waals surface area contributed by atoms with E-state index in [-0.39, 0.29) is 0 Å². The quantitative estimate of drug-likeness (QED) is 0.330. The molecule has 0 aliphatic rings. The molecule has 0 spiro atoms. The van der Waals surface area contributed by atoms with E-state index in [2.05, 4.69) is 6.92 Å². The van der Waals surface area contributed by atoms with Crippen molar-refractivity contribution in [3.8, 4) is 0 Å². The van der Waals surface area contributed by atoms with Crippen molar-refractivity contribution in [2.24, 2.45) is 0 Å². The Balaban J connectivity index is 3.14. The maximum Gasteiger partial charge on any atom is 0.361 e. The van der Waals surface area contributed by atoms with E-state index in [1.54, 1.807) is 0 Å². The lowest BCUT2D eigenvalue weighted by Crippen LogP contribution is -2.26. The molecule has 0 aliphatic carbocycles. The van der Waals surface area contributed by atoms with Gasteiger partial charge in [0.15, 0.2) is 0 Å². The number of ether oxygens (including phenoxy) is 2. The molecule has 0 fully saturated rings. The number of carboxylic acids is 1. The number of unbranched alkanes of at least 4 members (excludes halogenated alkanes) is 11. The summed E-state index contributed by atoms with van der Waals surface area (Å²) in [6.45, 7) is 2.71. The molecule has 1 N–H and O–H groups in total. The minimum absolute atomic E-state index is 0.461. The van der Waals surface area contributed by atoms with Crippen LogP contribution in [-0.2, 0) is 14.3 Å².